The van der Waals surface area contributed by atoms with Crippen molar-refractivity contribution in [3.8, 4) is 0 Å². The lowest BCUT2D eigenvalue weighted by molar-refractivity contribution is -0.125. The number of hydrogen-bond acceptors (Lipinski definition) is 3. The summed E-state index contributed by atoms with van der Waals surface area (Å²) in [7, 11) is 0. The highest BCUT2D eigenvalue weighted by Crippen LogP contribution is 2.42. The van der Waals surface area contributed by atoms with Gasteiger partial charge in [0.1, 0.15) is 0 Å². The smallest absolute Gasteiger partial charge is 0.237 e. The number of anilines is 1. The van der Waals surface area contributed by atoms with E-state index in [9.17, 15) is 4.79 Å². The van der Waals surface area contributed by atoms with Gasteiger partial charge in [0, 0.05) is 5.38 Å². The summed E-state index contributed by atoms with van der Waals surface area (Å²) in [4.78, 5) is 12.3. The second-order valence-electron chi connectivity index (χ2n) is 3.77. The van der Waals surface area contributed by atoms with Crippen LogP contribution in [0.5, 0.6) is 0 Å². The van der Waals surface area contributed by atoms with E-state index in [0.29, 0.717) is 4.99 Å². The first-order valence-electron chi connectivity index (χ1n) is 4.79. The summed E-state index contributed by atoms with van der Waals surface area (Å²) in [5.41, 5.74) is 5.88. The van der Waals surface area contributed by atoms with Gasteiger partial charge in [-0.2, -0.15) is 11.3 Å². The van der Waals surface area contributed by atoms with Crippen LogP contribution < -0.4 is 11.1 Å². The average molecular weight is 240 g/mol. The normalized spacial score (nSPS) is 17.9. The first-order chi connectivity index (χ1) is 7.15. The van der Waals surface area contributed by atoms with Crippen LogP contribution in [0, 0.1) is 5.41 Å². The van der Waals surface area contributed by atoms with Crippen LogP contribution in [0.15, 0.2) is 16.8 Å². The van der Waals surface area contributed by atoms with E-state index in [1.165, 1.54) is 0 Å². The predicted octanol–water partition coefficient (Wildman–Crippen LogP) is 2.14. The van der Waals surface area contributed by atoms with Gasteiger partial charge in [0.15, 0.2) is 0 Å². The third-order valence-electron chi connectivity index (χ3n) is 2.89. The molecule has 3 nitrogen and oxygen atoms in total. The van der Waals surface area contributed by atoms with Crippen LogP contribution in [-0.2, 0) is 4.79 Å². The summed E-state index contributed by atoms with van der Waals surface area (Å²) in [6.07, 6.45) is 2.57. The number of carbonyl (C=O) groups is 1. The molecule has 0 aliphatic heterocycles. The number of thiocarbonyl (C=S) groups is 1. The molecule has 80 valence electrons. The van der Waals surface area contributed by atoms with Crippen LogP contribution in [0.3, 0.4) is 0 Å². The Labute approximate surface area is 97.7 Å². The lowest BCUT2D eigenvalue weighted by atomic mass is 9.68. The van der Waals surface area contributed by atoms with Crippen LogP contribution in [-0.4, -0.2) is 10.9 Å². The molecular formula is C10H12N2OS2. The zero-order valence-corrected chi connectivity index (χ0v) is 9.79. The number of hydrogen-bond donors (Lipinski definition) is 2. The molecule has 0 unspecified atom stereocenters. The van der Waals surface area contributed by atoms with Crippen LogP contribution in [0.25, 0.3) is 0 Å². The zero-order chi connectivity index (χ0) is 10.9. The highest BCUT2D eigenvalue weighted by Gasteiger charge is 2.46. The standard InChI is InChI=1S/C10H12N2OS2/c11-8(14)10(3-1-4-10)9(13)12-7-2-5-15-6-7/h2,5-6H,1,3-4H2,(H2,11,14)(H,12,13). The van der Waals surface area contributed by atoms with E-state index < -0.39 is 5.41 Å². The highest BCUT2D eigenvalue weighted by molar-refractivity contribution is 7.80. The van der Waals surface area contributed by atoms with Crippen LogP contribution >= 0.6 is 23.6 Å². The molecule has 1 heterocycles. The van der Waals surface area contributed by atoms with Crippen molar-refractivity contribution in [1.82, 2.24) is 0 Å². The Kier molecular flexibility index (Phi) is 2.75. The van der Waals surface area contributed by atoms with Gasteiger partial charge in [-0.15, -0.1) is 0 Å². The fraction of sp³-hybridized carbons (Fsp3) is 0.400. The molecule has 3 N–H and O–H groups in total. The second kappa shape index (κ2) is 3.90. The van der Waals surface area contributed by atoms with Crippen molar-refractivity contribution in [2.45, 2.75) is 19.3 Å². The van der Waals surface area contributed by atoms with Gasteiger partial charge in [0.05, 0.1) is 16.1 Å². The van der Waals surface area contributed by atoms with E-state index in [4.69, 9.17) is 18.0 Å². The minimum atomic E-state index is -0.586. The summed E-state index contributed by atoms with van der Waals surface area (Å²) in [6.45, 7) is 0. The fourth-order valence-electron chi connectivity index (χ4n) is 1.70. The van der Waals surface area contributed by atoms with Gasteiger partial charge in [-0.3, -0.25) is 4.79 Å². The topological polar surface area (TPSA) is 55.1 Å². The van der Waals surface area contributed by atoms with Gasteiger partial charge in [0.2, 0.25) is 5.91 Å². The lowest BCUT2D eigenvalue weighted by Crippen LogP contribution is -2.50. The summed E-state index contributed by atoms with van der Waals surface area (Å²) >= 11 is 6.52. The number of nitrogens with one attached hydrogen (secondary N) is 1. The molecule has 1 aliphatic rings. The summed E-state index contributed by atoms with van der Waals surface area (Å²) < 4.78 is 0. The van der Waals surface area contributed by atoms with E-state index >= 15 is 0 Å². The molecule has 1 aromatic rings. The van der Waals surface area contributed by atoms with Gasteiger partial charge in [0.25, 0.3) is 0 Å². The van der Waals surface area contributed by atoms with Gasteiger partial charge >= 0.3 is 0 Å². The molecule has 0 bridgehead atoms. The van der Waals surface area contributed by atoms with Crippen molar-refractivity contribution in [1.29, 1.82) is 0 Å². The van der Waals surface area contributed by atoms with Gasteiger partial charge in [-0.05, 0) is 24.3 Å². The molecule has 0 spiro atoms. The largest absolute Gasteiger partial charge is 0.392 e. The molecule has 2 rings (SSSR count). The van der Waals surface area contributed by atoms with E-state index in [0.717, 1.165) is 24.9 Å². The van der Waals surface area contributed by atoms with Crippen molar-refractivity contribution in [2.75, 3.05) is 5.32 Å². The minimum absolute atomic E-state index is 0.0559. The third kappa shape index (κ3) is 1.77. The van der Waals surface area contributed by atoms with Crippen molar-refractivity contribution >= 4 is 40.1 Å². The van der Waals surface area contributed by atoms with Crippen molar-refractivity contribution in [2.24, 2.45) is 11.1 Å². The molecule has 15 heavy (non-hydrogen) atoms. The number of amides is 1. The predicted molar refractivity (Wildman–Crippen MR) is 66.0 cm³/mol. The Morgan fingerprint density at radius 2 is 2.33 bits per heavy atom. The van der Waals surface area contributed by atoms with Gasteiger partial charge in [-0.25, -0.2) is 0 Å². The van der Waals surface area contributed by atoms with Crippen LogP contribution in [0.1, 0.15) is 19.3 Å². The Hall–Kier alpha value is -0.940. The van der Waals surface area contributed by atoms with E-state index in [-0.39, 0.29) is 5.91 Å². The molecule has 0 atom stereocenters. The monoisotopic (exact) mass is 240 g/mol. The maximum atomic E-state index is 12.0. The van der Waals surface area contributed by atoms with E-state index in [1.807, 2.05) is 16.8 Å². The van der Waals surface area contributed by atoms with Crippen molar-refractivity contribution in [3.63, 3.8) is 0 Å². The molecule has 1 aliphatic carbocycles. The Balaban J connectivity index is 2.10. The number of rotatable bonds is 3. The minimum Gasteiger partial charge on any atom is -0.392 e. The SMILES string of the molecule is NC(=S)C1(C(=O)Nc2ccsc2)CCC1. The molecule has 5 heteroatoms. The zero-order valence-electron chi connectivity index (χ0n) is 8.16. The molecular weight excluding hydrogens is 228 g/mol. The van der Waals surface area contributed by atoms with Crippen LogP contribution in [0.2, 0.25) is 0 Å². The Morgan fingerprint density at radius 3 is 2.73 bits per heavy atom. The molecule has 1 amide bonds. The van der Waals surface area contributed by atoms with Crippen molar-refractivity contribution in [3.05, 3.63) is 16.8 Å². The number of carbonyl (C=O) groups excluding carboxylic acids is 1. The van der Waals surface area contributed by atoms with Gasteiger partial charge < -0.3 is 11.1 Å². The summed E-state index contributed by atoms with van der Waals surface area (Å²) in [5.74, 6) is -0.0559. The van der Waals surface area contributed by atoms with Crippen molar-refractivity contribution < 1.29 is 4.79 Å². The lowest BCUT2D eigenvalue weighted by Gasteiger charge is -2.38. The maximum Gasteiger partial charge on any atom is 0.237 e. The van der Waals surface area contributed by atoms with E-state index in [1.54, 1.807) is 11.3 Å². The average Bonchev–Trinajstić information content (AvgIpc) is 2.53. The van der Waals surface area contributed by atoms with Crippen LogP contribution in [0.4, 0.5) is 5.69 Å². The first kappa shape index (κ1) is 10.6. The van der Waals surface area contributed by atoms with E-state index in [2.05, 4.69) is 5.32 Å². The number of nitrogens with two attached hydrogens (primary N) is 1. The maximum absolute atomic E-state index is 12.0. The summed E-state index contributed by atoms with van der Waals surface area (Å²) in [6, 6.07) is 1.87. The summed E-state index contributed by atoms with van der Waals surface area (Å²) in [5, 5.41) is 6.66. The molecule has 1 fully saturated rings. The fourth-order valence-corrected chi connectivity index (χ4v) is 2.59. The van der Waals surface area contributed by atoms with Gasteiger partial charge in [-0.1, -0.05) is 18.6 Å². The molecule has 0 saturated heterocycles. The molecule has 0 radical (unpaired) electrons. The third-order valence-corrected chi connectivity index (χ3v) is 3.97. The molecule has 1 saturated carbocycles. The second-order valence-corrected chi connectivity index (χ2v) is 4.99. The number of thiophene rings is 1. The quantitative estimate of drug-likeness (QED) is 0.796. The highest BCUT2D eigenvalue weighted by atomic mass is 32.1. The molecule has 0 aromatic carbocycles. The molecule has 1 aromatic heterocycles. The Bertz CT molecular complexity index is 382. The first-order valence-corrected chi connectivity index (χ1v) is 6.14. The Morgan fingerprint density at radius 1 is 1.60 bits per heavy atom.